The first-order chi connectivity index (χ1) is 10.3. The van der Waals surface area contributed by atoms with Crippen molar-refractivity contribution >= 4 is 11.8 Å². The average Bonchev–Trinajstić information content (AvgIpc) is 2.45. The molecule has 22 heavy (non-hydrogen) atoms. The average molecular weight is 306 g/mol. The Kier molecular flexibility index (Phi) is 4.84. The van der Waals surface area contributed by atoms with Crippen LogP contribution in [0.15, 0.2) is 18.2 Å². The van der Waals surface area contributed by atoms with Gasteiger partial charge in [-0.15, -0.1) is 0 Å². The number of piperazine rings is 1. The number of carbonyl (C=O) groups excluding carboxylic acids is 1. The zero-order valence-electron chi connectivity index (χ0n) is 14.2. The summed E-state index contributed by atoms with van der Waals surface area (Å²) < 4.78 is 10.9. The summed E-state index contributed by atoms with van der Waals surface area (Å²) in [5.41, 5.74) is 1.84. The van der Waals surface area contributed by atoms with Crippen LogP contribution in [0.3, 0.4) is 0 Å². The molecule has 0 aliphatic carbocycles. The second-order valence-electron chi connectivity index (χ2n) is 6.63. The molecule has 1 saturated heterocycles. The zero-order valence-corrected chi connectivity index (χ0v) is 14.2. The molecule has 1 fully saturated rings. The first kappa shape index (κ1) is 16.5. The molecular weight excluding hydrogens is 280 g/mol. The normalized spacial score (nSPS) is 15.7. The first-order valence-electron chi connectivity index (χ1n) is 7.67. The molecule has 1 aromatic carbocycles. The number of ether oxygens (including phenoxy) is 2. The van der Waals surface area contributed by atoms with Crippen molar-refractivity contribution < 1.29 is 14.3 Å². The van der Waals surface area contributed by atoms with E-state index in [1.54, 1.807) is 12.0 Å². The molecule has 1 aromatic rings. The van der Waals surface area contributed by atoms with E-state index in [1.165, 1.54) is 5.56 Å². The minimum atomic E-state index is -0.450. The third kappa shape index (κ3) is 4.06. The summed E-state index contributed by atoms with van der Waals surface area (Å²) in [4.78, 5) is 16.1. The number of benzene rings is 1. The van der Waals surface area contributed by atoms with Crippen LogP contribution in [0.4, 0.5) is 10.5 Å². The predicted octanol–water partition coefficient (Wildman–Crippen LogP) is 3.06. The molecular formula is C17H26N2O3. The number of amides is 1. The summed E-state index contributed by atoms with van der Waals surface area (Å²) >= 11 is 0. The Hall–Kier alpha value is -1.91. The van der Waals surface area contributed by atoms with E-state index in [0.29, 0.717) is 13.1 Å². The lowest BCUT2D eigenvalue weighted by Crippen LogP contribution is -2.50. The summed E-state index contributed by atoms with van der Waals surface area (Å²) in [6.45, 7) is 10.6. The number of methoxy groups -OCH3 is 1. The molecule has 5 heteroatoms. The van der Waals surface area contributed by atoms with Crippen LogP contribution in [0.2, 0.25) is 0 Å². The lowest BCUT2D eigenvalue weighted by atomic mass is 10.1. The molecule has 0 atom stereocenters. The Labute approximate surface area is 132 Å². The maximum atomic E-state index is 12.1. The molecule has 0 bridgehead atoms. The summed E-state index contributed by atoms with van der Waals surface area (Å²) in [5, 5.41) is 0. The molecule has 122 valence electrons. The van der Waals surface area contributed by atoms with Gasteiger partial charge in [0.15, 0.2) is 0 Å². The van der Waals surface area contributed by atoms with Crippen molar-refractivity contribution in [2.24, 2.45) is 0 Å². The van der Waals surface area contributed by atoms with E-state index in [0.717, 1.165) is 24.5 Å². The molecule has 1 aliphatic heterocycles. The summed E-state index contributed by atoms with van der Waals surface area (Å²) in [7, 11) is 1.69. The third-order valence-electron chi connectivity index (χ3n) is 3.61. The monoisotopic (exact) mass is 306 g/mol. The molecule has 1 amide bonds. The van der Waals surface area contributed by atoms with Crippen LogP contribution in [0, 0.1) is 6.92 Å². The van der Waals surface area contributed by atoms with Gasteiger partial charge in [0.2, 0.25) is 0 Å². The Bertz CT molecular complexity index is 529. The minimum absolute atomic E-state index is 0.233. The lowest BCUT2D eigenvalue weighted by molar-refractivity contribution is 0.0240. The largest absolute Gasteiger partial charge is 0.495 e. The van der Waals surface area contributed by atoms with Gasteiger partial charge in [0.05, 0.1) is 12.8 Å². The van der Waals surface area contributed by atoms with Gasteiger partial charge in [-0.2, -0.15) is 0 Å². The number of carbonyl (C=O) groups is 1. The van der Waals surface area contributed by atoms with E-state index in [1.807, 2.05) is 32.9 Å². The number of aryl methyl sites for hydroxylation is 1. The van der Waals surface area contributed by atoms with Gasteiger partial charge < -0.3 is 19.3 Å². The van der Waals surface area contributed by atoms with Gasteiger partial charge in [0.1, 0.15) is 11.4 Å². The number of hydrogen-bond donors (Lipinski definition) is 0. The molecule has 1 aliphatic rings. The van der Waals surface area contributed by atoms with Crippen LogP contribution in [0.25, 0.3) is 0 Å². The van der Waals surface area contributed by atoms with Crippen molar-refractivity contribution in [2.75, 3.05) is 38.2 Å². The predicted molar refractivity (Wildman–Crippen MR) is 87.8 cm³/mol. The van der Waals surface area contributed by atoms with Gasteiger partial charge in [0.25, 0.3) is 0 Å². The summed E-state index contributed by atoms with van der Waals surface area (Å²) in [6, 6.07) is 6.16. The minimum Gasteiger partial charge on any atom is -0.495 e. The molecule has 5 nitrogen and oxygen atoms in total. The fourth-order valence-corrected chi connectivity index (χ4v) is 2.50. The molecule has 0 spiro atoms. The van der Waals surface area contributed by atoms with E-state index in [2.05, 4.69) is 17.9 Å². The van der Waals surface area contributed by atoms with E-state index in [9.17, 15) is 4.79 Å². The maximum Gasteiger partial charge on any atom is 0.410 e. The molecule has 0 saturated carbocycles. The second-order valence-corrected chi connectivity index (χ2v) is 6.63. The van der Waals surface area contributed by atoms with E-state index < -0.39 is 5.60 Å². The first-order valence-corrected chi connectivity index (χ1v) is 7.67. The van der Waals surface area contributed by atoms with Gasteiger partial charge in [-0.1, -0.05) is 6.07 Å². The SMILES string of the molecule is COc1ccc(C)cc1N1CCN(C(=O)OC(C)(C)C)CC1. The molecule has 0 unspecified atom stereocenters. The third-order valence-corrected chi connectivity index (χ3v) is 3.61. The molecule has 1 heterocycles. The van der Waals surface area contributed by atoms with Gasteiger partial charge in [0, 0.05) is 26.2 Å². The fraction of sp³-hybridized carbons (Fsp3) is 0.588. The molecule has 0 N–H and O–H groups in total. The lowest BCUT2D eigenvalue weighted by Gasteiger charge is -2.37. The Morgan fingerprint density at radius 3 is 2.32 bits per heavy atom. The highest BCUT2D eigenvalue weighted by molar-refractivity contribution is 5.69. The molecule has 0 aromatic heterocycles. The molecule has 2 rings (SSSR count). The fourth-order valence-electron chi connectivity index (χ4n) is 2.50. The highest BCUT2D eigenvalue weighted by Gasteiger charge is 2.26. The number of anilines is 1. The van der Waals surface area contributed by atoms with Crippen molar-refractivity contribution in [3.05, 3.63) is 23.8 Å². The zero-order chi connectivity index (χ0) is 16.3. The highest BCUT2D eigenvalue weighted by Crippen LogP contribution is 2.30. The second kappa shape index (κ2) is 6.46. The molecule has 0 radical (unpaired) electrons. The van der Waals surface area contributed by atoms with Crippen molar-refractivity contribution in [1.29, 1.82) is 0 Å². The summed E-state index contributed by atoms with van der Waals surface area (Å²) in [6.07, 6.45) is -0.233. The van der Waals surface area contributed by atoms with Crippen molar-refractivity contribution in [2.45, 2.75) is 33.3 Å². The highest BCUT2D eigenvalue weighted by atomic mass is 16.6. The number of nitrogens with zero attached hydrogens (tertiary/aromatic N) is 2. The van der Waals surface area contributed by atoms with Crippen molar-refractivity contribution in [3.8, 4) is 5.75 Å². The Morgan fingerprint density at radius 2 is 1.77 bits per heavy atom. The summed E-state index contributed by atoms with van der Waals surface area (Å²) in [5.74, 6) is 0.872. The smallest absolute Gasteiger partial charge is 0.410 e. The van der Waals surface area contributed by atoms with Crippen molar-refractivity contribution in [1.82, 2.24) is 4.90 Å². The van der Waals surface area contributed by atoms with Crippen LogP contribution in [-0.4, -0.2) is 49.9 Å². The van der Waals surface area contributed by atoms with E-state index >= 15 is 0 Å². The van der Waals surface area contributed by atoms with Crippen LogP contribution >= 0.6 is 0 Å². The van der Waals surface area contributed by atoms with Crippen LogP contribution in [0.5, 0.6) is 5.75 Å². The van der Waals surface area contributed by atoms with E-state index in [-0.39, 0.29) is 6.09 Å². The van der Waals surface area contributed by atoms with E-state index in [4.69, 9.17) is 9.47 Å². The van der Waals surface area contributed by atoms with Crippen LogP contribution in [-0.2, 0) is 4.74 Å². The van der Waals surface area contributed by atoms with Crippen molar-refractivity contribution in [3.63, 3.8) is 0 Å². The van der Waals surface area contributed by atoms with Gasteiger partial charge in [-0.25, -0.2) is 4.79 Å². The van der Waals surface area contributed by atoms with Crippen LogP contribution in [0.1, 0.15) is 26.3 Å². The van der Waals surface area contributed by atoms with Gasteiger partial charge >= 0.3 is 6.09 Å². The number of rotatable bonds is 2. The number of hydrogen-bond acceptors (Lipinski definition) is 4. The maximum absolute atomic E-state index is 12.1. The quantitative estimate of drug-likeness (QED) is 0.842. The van der Waals surface area contributed by atoms with Gasteiger partial charge in [-0.05, 0) is 45.4 Å². The van der Waals surface area contributed by atoms with Gasteiger partial charge in [-0.3, -0.25) is 0 Å². The Balaban J connectivity index is 2.00. The Morgan fingerprint density at radius 1 is 1.14 bits per heavy atom. The topological polar surface area (TPSA) is 42.0 Å². The standard InChI is InChI=1S/C17H26N2O3/c1-13-6-7-15(21-5)14(12-13)18-8-10-19(11-9-18)16(20)22-17(2,3)4/h6-7,12H,8-11H2,1-5H3. The van der Waals surface area contributed by atoms with Crippen LogP contribution < -0.4 is 9.64 Å².